The first kappa shape index (κ1) is 21.4. The van der Waals surface area contributed by atoms with Crippen LogP contribution in [0.4, 0.5) is 5.69 Å². The van der Waals surface area contributed by atoms with Crippen molar-refractivity contribution in [2.75, 3.05) is 11.4 Å². The standard InChI is InChI=1S/C27H25N3O2S/c31-33(32,24-14-8-3-9-15-24)29-23-18-26-27(30(20-23)19-21-10-4-1-5-11-21)17-16-25(28-26)22-12-6-2-7-13-22/h1-17,23,29H,18-20H2/t23-/m1/s1. The van der Waals surface area contributed by atoms with Crippen LogP contribution in [-0.4, -0.2) is 26.0 Å². The fraction of sp³-hybridized carbons (Fsp3) is 0.148. The molecular weight excluding hydrogens is 430 g/mol. The molecule has 0 radical (unpaired) electrons. The topological polar surface area (TPSA) is 62.3 Å². The number of sulfonamides is 1. The largest absolute Gasteiger partial charge is 0.364 e. The molecule has 5 nitrogen and oxygen atoms in total. The molecule has 6 heteroatoms. The highest BCUT2D eigenvalue weighted by atomic mass is 32.2. The van der Waals surface area contributed by atoms with Gasteiger partial charge < -0.3 is 4.90 Å². The second kappa shape index (κ2) is 9.17. The quantitative estimate of drug-likeness (QED) is 0.459. The summed E-state index contributed by atoms with van der Waals surface area (Å²) in [5, 5.41) is 0. The fourth-order valence-corrected chi connectivity index (χ4v) is 5.53. The van der Waals surface area contributed by atoms with Crippen LogP contribution in [0.2, 0.25) is 0 Å². The summed E-state index contributed by atoms with van der Waals surface area (Å²) in [5.74, 6) is 0. The number of benzene rings is 3. The normalized spacial score (nSPS) is 15.8. The molecule has 0 saturated heterocycles. The summed E-state index contributed by atoms with van der Waals surface area (Å²) < 4.78 is 28.9. The molecule has 1 atom stereocenters. The lowest BCUT2D eigenvalue weighted by Gasteiger charge is -2.36. The summed E-state index contributed by atoms with van der Waals surface area (Å²) in [4.78, 5) is 7.44. The minimum absolute atomic E-state index is 0.274. The minimum atomic E-state index is -3.63. The van der Waals surface area contributed by atoms with E-state index in [1.807, 2.05) is 60.7 Å². The molecule has 3 aromatic carbocycles. The molecule has 0 bridgehead atoms. The number of aromatic nitrogens is 1. The zero-order valence-electron chi connectivity index (χ0n) is 18.1. The molecule has 0 saturated carbocycles. The van der Waals surface area contributed by atoms with Crippen LogP contribution in [0.15, 0.2) is 108 Å². The zero-order valence-corrected chi connectivity index (χ0v) is 18.9. The Morgan fingerprint density at radius 2 is 1.45 bits per heavy atom. The van der Waals surface area contributed by atoms with E-state index in [1.165, 1.54) is 5.56 Å². The number of pyridine rings is 1. The zero-order chi connectivity index (χ0) is 22.7. The van der Waals surface area contributed by atoms with Gasteiger partial charge in [0.2, 0.25) is 10.0 Å². The number of hydrogen-bond donors (Lipinski definition) is 1. The second-order valence-electron chi connectivity index (χ2n) is 8.23. The van der Waals surface area contributed by atoms with Gasteiger partial charge >= 0.3 is 0 Å². The van der Waals surface area contributed by atoms with Crippen molar-refractivity contribution in [3.8, 4) is 11.3 Å². The lowest BCUT2D eigenvalue weighted by Crippen LogP contribution is -2.48. The van der Waals surface area contributed by atoms with Gasteiger partial charge in [0.25, 0.3) is 0 Å². The van der Waals surface area contributed by atoms with E-state index in [9.17, 15) is 8.42 Å². The number of hydrogen-bond acceptors (Lipinski definition) is 4. The van der Waals surface area contributed by atoms with E-state index < -0.39 is 10.0 Å². The Labute approximate surface area is 194 Å². The third-order valence-corrected chi connectivity index (χ3v) is 7.37. The van der Waals surface area contributed by atoms with Gasteiger partial charge in [0.15, 0.2) is 0 Å². The molecule has 0 spiro atoms. The van der Waals surface area contributed by atoms with Crippen molar-refractivity contribution < 1.29 is 8.42 Å². The molecule has 5 rings (SSSR count). The van der Waals surface area contributed by atoms with Gasteiger partial charge in [-0.15, -0.1) is 0 Å². The van der Waals surface area contributed by atoms with Crippen LogP contribution in [0.25, 0.3) is 11.3 Å². The molecule has 2 heterocycles. The Hall–Kier alpha value is -3.48. The van der Waals surface area contributed by atoms with Gasteiger partial charge in [-0.2, -0.15) is 0 Å². The molecule has 0 amide bonds. The SMILES string of the molecule is O=S(=O)(N[C@@H]1Cc2nc(-c3ccccc3)ccc2N(Cc2ccccc2)C1)c1ccccc1. The maximum Gasteiger partial charge on any atom is 0.240 e. The third-order valence-electron chi connectivity index (χ3n) is 5.83. The van der Waals surface area contributed by atoms with Gasteiger partial charge in [-0.3, -0.25) is 4.98 Å². The van der Waals surface area contributed by atoms with Crippen LogP contribution in [0.1, 0.15) is 11.3 Å². The highest BCUT2D eigenvalue weighted by molar-refractivity contribution is 7.89. The predicted molar refractivity (Wildman–Crippen MR) is 131 cm³/mol. The van der Waals surface area contributed by atoms with Crippen molar-refractivity contribution in [1.29, 1.82) is 0 Å². The Bertz CT molecular complexity index is 1330. The van der Waals surface area contributed by atoms with Crippen molar-refractivity contribution in [3.63, 3.8) is 0 Å². The molecule has 0 fully saturated rings. The molecule has 1 aliphatic rings. The molecule has 0 aliphatic carbocycles. The van der Waals surface area contributed by atoms with E-state index in [0.29, 0.717) is 19.5 Å². The maximum absolute atomic E-state index is 13.0. The summed E-state index contributed by atoms with van der Waals surface area (Å²) >= 11 is 0. The second-order valence-corrected chi connectivity index (χ2v) is 9.94. The van der Waals surface area contributed by atoms with Crippen molar-refractivity contribution in [2.45, 2.75) is 23.9 Å². The van der Waals surface area contributed by atoms with Crippen LogP contribution in [-0.2, 0) is 23.0 Å². The number of rotatable bonds is 6. The highest BCUT2D eigenvalue weighted by Gasteiger charge is 2.29. The average Bonchev–Trinajstić information content (AvgIpc) is 2.85. The average molecular weight is 456 g/mol. The first-order chi connectivity index (χ1) is 16.1. The Kier molecular flexibility index (Phi) is 5.94. The van der Waals surface area contributed by atoms with Crippen LogP contribution >= 0.6 is 0 Å². The summed E-state index contributed by atoms with van der Waals surface area (Å²) in [6.45, 7) is 1.25. The summed E-state index contributed by atoms with van der Waals surface area (Å²) in [5.41, 5.74) is 5.05. The summed E-state index contributed by atoms with van der Waals surface area (Å²) in [7, 11) is -3.63. The van der Waals surface area contributed by atoms with Crippen LogP contribution in [0, 0.1) is 0 Å². The van der Waals surface area contributed by atoms with E-state index in [-0.39, 0.29) is 10.9 Å². The number of fused-ring (bicyclic) bond motifs is 1. The molecular formula is C27H25N3O2S. The summed E-state index contributed by atoms with van der Waals surface area (Å²) in [6, 6.07) is 32.6. The number of anilines is 1. The molecule has 1 aromatic heterocycles. The van der Waals surface area contributed by atoms with Gasteiger partial charge in [0.1, 0.15) is 0 Å². The predicted octanol–water partition coefficient (Wildman–Crippen LogP) is 4.66. The van der Waals surface area contributed by atoms with Crippen molar-refractivity contribution in [2.24, 2.45) is 0 Å². The highest BCUT2D eigenvalue weighted by Crippen LogP contribution is 2.30. The molecule has 4 aromatic rings. The first-order valence-corrected chi connectivity index (χ1v) is 12.5. The van der Waals surface area contributed by atoms with Crippen molar-refractivity contribution >= 4 is 15.7 Å². The third kappa shape index (κ3) is 4.82. The van der Waals surface area contributed by atoms with Gasteiger partial charge in [0, 0.05) is 31.1 Å². The molecule has 1 aliphatic heterocycles. The smallest absolute Gasteiger partial charge is 0.240 e. The van der Waals surface area contributed by atoms with E-state index >= 15 is 0 Å². The monoisotopic (exact) mass is 455 g/mol. The molecule has 166 valence electrons. The van der Waals surface area contributed by atoms with E-state index in [0.717, 1.165) is 22.6 Å². The minimum Gasteiger partial charge on any atom is -0.364 e. The lowest BCUT2D eigenvalue weighted by atomic mass is 10.0. The van der Waals surface area contributed by atoms with Gasteiger partial charge in [-0.05, 0) is 29.8 Å². The van der Waals surface area contributed by atoms with E-state index in [2.05, 4.69) is 27.8 Å². The van der Waals surface area contributed by atoms with Crippen molar-refractivity contribution in [3.05, 3.63) is 114 Å². The first-order valence-electron chi connectivity index (χ1n) is 11.0. The number of nitrogens with one attached hydrogen (secondary N) is 1. The van der Waals surface area contributed by atoms with Crippen molar-refractivity contribution in [1.82, 2.24) is 9.71 Å². The van der Waals surface area contributed by atoms with E-state index in [1.54, 1.807) is 24.3 Å². The van der Waals surface area contributed by atoms with Crippen LogP contribution in [0.3, 0.4) is 0 Å². The van der Waals surface area contributed by atoms with Crippen LogP contribution < -0.4 is 9.62 Å². The van der Waals surface area contributed by atoms with Gasteiger partial charge in [0.05, 0.1) is 22.0 Å². The fourth-order valence-electron chi connectivity index (χ4n) is 4.28. The van der Waals surface area contributed by atoms with Gasteiger partial charge in [-0.1, -0.05) is 78.9 Å². The number of nitrogens with zero attached hydrogens (tertiary/aromatic N) is 2. The Balaban J connectivity index is 1.48. The molecule has 33 heavy (non-hydrogen) atoms. The molecule has 1 N–H and O–H groups in total. The Morgan fingerprint density at radius 1 is 0.818 bits per heavy atom. The van der Waals surface area contributed by atoms with Gasteiger partial charge in [-0.25, -0.2) is 13.1 Å². The van der Waals surface area contributed by atoms with E-state index in [4.69, 9.17) is 4.98 Å². The Morgan fingerprint density at radius 3 is 2.15 bits per heavy atom. The van der Waals surface area contributed by atoms with Crippen LogP contribution in [0.5, 0.6) is 0 Å². The maximum atomic E-state index is 13.0. The molecule has 0 unspecified atom stereocenters. The lowest BCUT2D eigenvalue weighted by molar-refractivity contribution is 0.520. The summed E-state index contributed by atoms with van der Waals surface area (Å²) in [6.07, 6.45) is 0.535.